The van der Waals surface area contributed by atoms with Crippen LogP contribution in [0.3, 0.4) is 0 Å². The minimum atomic E-state index is 0.765. The fraction of sp³-hybridized carbons (Fsp3) is 0.381. The molecule has 0 aliphatic rings. The van der Waals surface area contributed by atoms with Gasteiger partial charge >= 0.3 is 0 Å². The third-order valence-corrected chi connectivity index (χ3v) is 4.96. The third kappa shape index (κ3) is 3.81. The molecule has 3 heteroatoms. The fourth-order valence-electron chi connectivity index (χ4n) is 3.20. The molecule has 0 N–H and O–H groups in total. The first-order valence-electron chi connectivity index (χ1n) is 8.88. The van der Waals surface area contributed by atoms with E-state index in [-0.39, 0.29) is 0 Å². The summed E-state index contributed by atoms with van der Waals surface area (Å²) in [6.07, 6.45) is 6.26. The van der Waals surface area contributed by atoms with Crippen molar-refractivity contribution in [2.75, 3.05) is 0 Å². The van der Waals surface area contributed by atoms with Crippen LogP contribution in [0, 0.1) is 6.92 Å². The molecule has 0 atom stereocenters. The van der Waals surface area contributed by atoms with Gasteiger partial charge in [-0.05, 0) is 49.1 Å². The summed E-state index contributed by atoms with van der Waals surface area (Å²) in [7, 11) is 0. The molecule has 2 aromatic carbocycles. The second-order valence-electron chi connectivity index (χ2n) is 6.47. The highest BCUT2D eigenvalue weighted by Crippen LogP contribution is 2.23. The van der Waals surface area contributed by atoms with E-state index in [9.17, 15) is 0 Å². The number of para-hydroxylation sites is 2. The highest BCUT2D eigenvalue weighted by molar-refractivity contribution is 6.31. The van der Waals surface area contributed by atoms with Gasteiger partial charge in [0.15, 0.2) is 0 Å². The predicted octanol–water partition coefficient (Wildman–Crippen LogP) is 6.17. The van der Waals surface area contributed by atoms with Crippen LogP contribution >= 0.6 is 11.6 Å². The number of benzene rings is 2. The van der Waals surface area contributed by atoms with Crippen LogP contribution in [0.1, 0.15) is 49.6 Å². The van der Waals surface area contributed by atoms with Crippen LogP contribution in [-0.2, 0) is 13.0 Å². The summed E-state index contributed by atoms with van der Waals surface area (Å²) in [5.41, 5.74) is 4.70. The van der Waals surface area contributed by atoms with E-state index in [1.807, 2.05) is 6.07 Å². The highest BCUT2D eigenvalue weighted by atomic mass is 35.5. The molecule has 1 heterocycles. The maximum absolute atomic E-state index is 6.56. The Hall–Kier alpha value is -1.80. The minimum absolute atomic E-state index is 0.765. The van der Waals surface area contributed by atoms with Gasteiger partial charge in [-0.15, -0.1) is 0 Å². The van der Waals surface area contributed by atoms with Crippen LogP contribution < -0.4 is 0 Å². The molecule has 2 nitrogen and oxygen atoms in total. The molecule has 0 unspecified atom stereocenters. The Morgan fingerprint density at radius 3 is 2.67 bits per heavy atom. The van der Waals surface area contributed by atoms with Crippen LogP contribution in [0.5, 0.6) is 0 Å². The van der Waals surface area contributed by atoms with E-state index in [1.54, 1.807) is 0 Å². The predicted molar refractivity (Wildman–Crippen MR) is 103 cm³/mol. The molecule has 0 radical (unpaired) electrons. The first-order valence-corrected chi connectivity index (χ1v) is 9.26. The topological polar surface area (TPSA) is 17.8 Å². The number of halogens is 1. The second kappa shape index (κ2) is 7.85. The van der Waals surface area contributed by atoms with Crippen molar-refractivity contribution in [1.82, 2.24) is 9.55 Å². The summed E-state index contributed by atoms with van der Waals surface area (Å²) >= 11 is 6.56. The number of hydrogen-bond acceptors (Lipinski definition) is 1. The van der Waals surface area contributed by atoms with E-state index in [0.717, 1.165) is 40.4 Å². The third-order valence-electron chi connectivity index (χ3n) is 4.61. The summed E-state index contributed by atoms with van der Waals surface area (Å²) in [6, 6.07) is 14.8. The average molecular weight is 341 g/mol. The Morgan fingerprint density at radius 1 is 1.04 bits per heavy atom. The van der Waals surface area contributed by atoms with Crippen LogP contribution in [0.25, 0.3) is 11.0 Å². The van der Waals surface area contributed by atoms with Gasteiger partial charge < -0.3 is 4.57 Å². The van der Waals surface area contributed by atoms with Crippen LogP contribution in [0.4, 0.5) is 0 Å². The molecular formula is C21H25ClN2. The van der Waals surface area contributed by atoms with Gasteiger partial charge in [0.05, 0.1) is 17.6 Å². The Bertz CT molecular complexity index is 820. The summed E-state index contributed by atoms with van der Waals surface area (Å²) in [6.45, 7) is 5.06. The lowest BCUT2D eigenvalue weighted by molar-refractivity contribution is 0.666. The second-order valence-corrected chi connectivity index (χ2v) is 6.88. The number of rotatable bonds is 7. The van der Waals surface area contributed by atoms with Crippen molar-refractivity contribution in [1.29, 1.82) is 0 Å². The summed E-state index contributed by atoms with van der Waals surface area (Å²) in [5.74, 6) is 1.02. The van der Waals surface area contributed by atoms with Gasteiger partial charge in [0.2, 0.25) is 0 Å². The normalized spacial score (nSPS) is 11.3. The average Bonchev–Trinajstić information content (AvgIpc) is 2.89. The smallest absolute Gasteiger partial charge is 0.107 e. The Kier molecular flexibility index (Phi) is 5.57. The molecule has 0 fully saturated rings. The maximum atomic E-state index is 6.56. The van der Waals surface area contributed by atoms with E-state index in [0.29, 0.717) is 0 Å². The quantitative estimate of drug-likeness (QED) is 0.470. The SMILES string of the molecule is CCCCCCc1ccc(Cn2c(C)nc3ccccc32)c(Cl)c1. The maximum Gasteiger partial charge on any atom is 0.107 e. The molecule has 0 saturated carbocycles. The van der Waals surface area contributed by atoms with Crippen molar-refractivity contribution < 1.29 is 0 Å². The van der Waals surface area contributed by atoms with Crippen molar-refractivity contribution in [2.24, 2.45) is 0 Å². The van der Waals surface area contributed by atoms with Crippen LogP contribution in [-0.4, -0.2) is 9.55 Å². The van der Waals surface area contributed by atoms with E-state index >= 15 is 0 Å². The molecule has 126 valence electrons. The number of nitrogens with zero attached hydrogens (tertiary/aromatic N) is 2. The highest BCUT2D eigenvalue weighted by Gasteiger charge is 2.09. The number of fused-ring (bicyclic) bond motifs is 1. The molecule has 3 rings (SSSR count). The molecule has 24 heavy (non-hydrogen) atoms. The zero-order chi connectivity index (χ0) is 16.9. The number of imidazole rings is 1. The largest absolute Gasteiger partial charge is 0.324 e. The lowest BCUT2D eigenvalue weighted by atomic mass is 10.0. The van der Waals surface area contributed by atoms with Gasteiger partial charge in [0, 0.05) is 5.02 Å². The fourth-order valence-corrected chi connectivity index (χ4v) is 3.46. The standard InChI is InChI=1S/C21H25ClN2/c1-3-4-5-6-9-17-12-13-18(19(22)14-17)15-24-16(2)23-20-10-7-8-11-21(20)24/h7-8,10-14H,3-6,9,15H2,1-2H3. The van der Waals surface area contributed by atoms with Crippen molar-refractivity contribution in [3.63, 3.8) is 0 Å². The number of hydrogen-bond donors (Lipinski definition) is 0. The number of aromatic nitrogens is 2. The Balaban J connectivity index is 1.76. The zero-order valence-electron chi connectivity index (χ0n) is 14.6. The number of aryl methyl sites for hydroxylation is 2. The monoisotopic (exact) mass is 340 g/mol. The summed E-state index contributed by atoms with van der Waals surface area (Å²) < 4.78 is 2.23. The van der Waals surface area contributed by atoms with Gasteiger partial charge in [-0.1, -0.05) is 62.1 Å². The summed E-state index contributed by atoms with van der Waals surface area (Å²) in [4.78, 5) is 4.63. The van der Waals surface area contributed by atoms with E-state index < -0.39 is 0 Å². The molecular weight excluding hydrogens is 316 g/mol. The number of unbranched alkanes of at least 4 members (excludes halogenated alkanes) is 3. The molecule has 3 aromatic rings. The van der Waals surface area contributed by atoms with Gasteiger partial charge in [-0.25, -0.2) is 4.98 Å². The van der Waals surface area contributed by atoms with Crippen molar-refractivity contribution in [3.05, 3.63) is 64.4 Å². The van der Waals surface area contributed by atoms with Crippen LogP contribution in [0.2, 0.25) is 5.02 Å². The van der Waals surface area contributed by atoms with Gasteiger partial charge in [-0.3, -0.25) is 0 Å². The van der Waals surface area contributed by atoms with Gasteiger partial charge in [-0.2, -0.15) is 0 Å². The summed E-state index contributed by atoms with van der Waals surface area (Å²) in [5, 5.41) is 0.861. The van der Waals surface area contributed by atoms with Gasteiger partial charge in [0.1, 0.15) is 5.82 Å². The molecule has 0 aliphatic carbocycles. The van der Waals surface area contributed by atoms with E-state index in [2.05, 4.69) is 59.8 Å². The first-order chi connectivity index (χ1) is 11.7. The molecule has 0 spiro atoms. The van der Waals surface area contributed by atoms with E-state index in [4.69, 9.17) is 11.6 Å². The van der Waals surface area contributed by atoms with Crippen molar-refractivity contribution in [2.45, 2.75) is 52.5 Å². The Labute approximate surface area is 149 Å². The zero-order valence-corrected chi connectivity index (χ0v) is 15.3. The molecule has 0 amide bonds. The molecule has 0 saturated heterocycles. The van der Waals surface area contributed by atoms with Gasteiger partial charge in [0.25, 0.3) is 0 Å². The molecule has 0 bridgehead atoms. The van der Waals surface area contributed by atoms with Crippen LogP contribution in [0.15, 0.2) is 42.5 Å². The molecule has 0 aliphatic heterocycles. The Morgan fingerprint density at radius 2 is 1.88 bits per heavy atom. The first kappa shape index (κ1) is 17.0. The van der Waals surface area contributed by atoms with Crippen molar-refractivity contribution in [3.8, 4) is 0 Å². The lowest BCUT2D eigenvalue weighted by Crippen LogP contribution is -2.03. The minimum Gasteiger partial charge on any atom is -0.324 e. The molecule has 1 aromatic heterocycles. The lowest BCUT2D eigenvalue weighted by Gasteiger charge is -2.10. The van der Waals surface area contributed by atoms with E-state index in [1.165, 1.54) is 31.2 Å². The van der Waals surface area contributed by atoms with Crippen molar-refractivity contribution >= 4 is 22.6 Å².